The average Bonchev–Trinajstić information content (AvgIpc) is 2.47. The maximum Gasteiger partial charge on any atom is 0.208 e. The fraction of sp³-hybridized carbons (Fsp3) is 0.235. The molecule has 0 amide bonds. The van der Waals surface area contributed by atoms with Gasteiger partial charge in [0.25, 0.3) is 0 Å². The molecule has 0 radical (unpaired) electrons. The van der Waals surface area contributed by atoms with Crippen molar-refractivity contribution in [3.63, 3.8) is 0 Å². The van der Waals surface area contributed by atoms with Crippen LogP contribution in [0.25, 0.3) is 11.1 Å². The van der Waals surface area contributed by atoms with E-state index in [1.54, 1.807) is 6.92 Å². The molecule has 0 saturated carbocycles. The van der Waals surface area contributed by atoms with Crippen molar-refractivity contribution in [3.8, 4) is 23.0 Å². The van der Waals surface area contributed by atoms with E-state index in [4.69, 9.17) is 11.6 Å². The van der Waals surface area contributed by atoms with Crippen LogP contribution < -0.4 is 10.7 Å². The van der Waals surface area contributed by atoms with E-state index in [2.05, 4.69) is 22.1 Å². The molecule has 2 aromatic rings. The molecule has 2 rings (SSSR count). The summed E-state index contributed by atoms with van der Waals surface area (Å²) in [7, 11) is 1.86. The number of hydrogen-bond acceptors (Lipinski definition) is 2. The van der Waals surface area contributed by atoms with Crippen LogP contribution >= 0.6 is 24.0 Å². The van der Waals surface area contributed by atoms with E-state index in [0.29, 0.717) is 17.8 Å². The number of benzene rings is 1. The molecule has 3 nitrogen and oxygen atoms in total. The van der Waals surface area contributed by atoms with Crippen molar-refractivity contribution in [2.24, 2.45) is 0 Å². The normalized spacial score (nSPS) is 9.64. The van der Waals surface area contributed by atoms with Gasteiger partial charge in [0.05, 0.1) is 6.54 Å². The molecule has 2 N–H and O–H groups in total. The van der Waals surface area contributed by atoms with Gasteiger partial charge in [-0.05, 0) is 38.6 Å². The van der Waals surface area contributed by atoms with Crippen LogP contribution in [-0.2, 0) is 0 Å². The van der Waals surface area contributed by atoms with Crippen molar-refractivity contribution in [2.75, 3.05) is 13.6 Å². The second kappa shape index (κ2) is 8.05. The predicted molar refractivity (Wildman–Crippen MR) is 95.0 cm³/mol. The molecule has 0 aliphatic carbocycles. The highest BCUT2D eigenvalue weighted by Crippen LogP contribution is 2.22. The van der Waals surface area contributed by atoms with Crippen LogP contribution in [0.1, 0.15) is 17.0 Å². The number of halogens is 2. The van der Waals surface area contributed by atoms with Gasteiger partial charge in [0, 0.05) is 22.5 Å². The van der Waals surface area contributed by atoms with Gasteiger partial charge in [-0.3, -0.25) is 4.79 Å². The molecule has 0 unspecified atom stereocenters. The van der Waals surface area contributed by atoms with Crippen molar-refractivity contribution in [3.05, 3.63) is 56.5 Å². The maximum atomic E-state index is 12.3. The molecule has 116 valence electrons. The lowest BCUT2D eigenvalue weighted by molar-refractivity contribution is 0.938. The number of hydrogen-bond donors (Lipinski definition) is 2. The summed E-state index contributed by atoms with van der Waals surface area (Å²) in [6.07, 6.45) is 0. The highest BCUT2D eigenvalue weighted by molar-refractivity contribution is 6.31. The molecule has 1 aromatic carbocycles. The second-order valence-corrected chi connectivity index (χ2v) is 5.18. The molecule has 0 aliphatic rings. The maximum absolute atomic E-state index is 12.3. The zero-order valence-corrected chi connectivity index (χ0v) is 14.3. The summed E-state index contributed by atoms with van der Waals surface area (Å²) in [5.74, 6) is 6.05. The van der Waals surface area contributed by atoms with Gasteiger partial charge in [-0.1, -0.05) is 35.6 Å². The molecule has 22 heavy (non-hydrogen) atoms. The third-order valence-electron chi connectivity index (χ3n) is 3.18. The Morgan fingerprint density at radius 1 is 1.18 bits per heavy atom. The Labute approximate surface area is 141 Å². The molecule has 5 heteroatoms. The number of H-pyrrole nitrogens is 1. The topological polar surface area (TPSA) is 44.9 Å². The van der Waals surface area contributed by atoms with Crippen molar-refractivity contribution in [2.45, 2.75) is 13.8 Å². The van der Waals surface area contributed by atoms with Crippen LogP contribution in [0, 0.1) is 25.7 Å². The van der Waals surface area contributed by atoms with E-state index in [0.717, 1.165) is 16.8 Å². The summed E-state index contributed by atoms with van der Waals surface area (Å²) in [5, 5.41) is 3.21. The third-order valence-corrected chi connectivity index (χ3v) is 3.63. The fourth-order valence-corrected chi connectivity index (χ4v) is 2.29. The zero-order chi connectivity index (χ0) is 15.4. The Bertz CT molecular complexity index is 768. The average molecular weight is 337 g/mol. The smallest absolute Gasteiger partial charge is 0.208 e. The van der Waals surface area contributed by atoms with E-state index in [-0.39, 0.29) is 22.9 Å². The molecule has 0 atom stereocenters. The Hall–Kier alpha value is -1.73. The van der Waals surface area contributed by atoms with Crippen LogP contribution in [0.4, 0.5) is 0 Å². The first-order chi connectivity index (χ1) is 10.0. The van der Waals surface area contributed by atoms with Gasteiger partial charge in [-0.25, -0.2) is 0 Å². The molecule has 0 bridgehead atoms. The van der Waals surface area contributed by atoms with Gasteiger partial charge in [-0.2, -0.15) is 0 Å². The standard InChI is InChI=1S/C17H17ClN2O.ClH/c1-11-15(17(21)16(18)12(2)20-11)14-8-6-13(7-9-14)5-4-10-19-3;/h6-9,19H,10H2,1-3H3,(H,20,21);1H. The van der Waals surface area contributed by atoms with E-state index >= 15 is 0 Å². The Balaban J connectivity index is 0.00000242. The minimum absolute atomic E-state index is 0. The Morgan fingerprint density at radius 3 is 2.41 bits per heavy atom. The van der Waals surface area contributed by atoms with E-state index in [1.165, 1.54) is 0 Å². The molecular weight excluding hydrogens is 319 g/mol. The summed E-state index contributed by atoms with van der Waals surface area (Å²) in [4.78, 5) is 15.5. The molecule has 0 aliphatic heterocycles. The van der Waals surface area contributed by atoms with Crippen molar-refractivity contribution in [1.82, 2.24) is 10.3 Å². The van der Waals surface area contributed by atoms with Crippen LogP contribution in [0.15, 0.2) is 29.1 Å². The summed E-state index contributed by atoms with van der Waals surface area (Å²) in [6, 6.07) is 7.61. The Morgan fingerprint density at radius 2 is 1.82 bits per heavy atom. The third kappa shape index (κ3) is 3.92. The van der Waals surface area contributed by atoms with Gasteiger partial charge in [0.1, 0.15) is 5.02 Å². The van der Waals surface area contributed by atoms with Crippen molar-refractivity contribution >= 4 is 24.0 Å². The zero-order valence-electron chi connectivity index (χ0n) is 12.7. The highest BCUT2D eigenvalue weighted by atomic mass is 35.5. The lowest BCUT2D eigenvalue weighted by Gasteiger charge is -2.08. The number of aromatic amines is 1. The predicted octanol–water partition coefficient (Wildman–Crippen LogP) is 3.30. The summed E-state index contributed by atoms with van der Waals surface area (Å²) >= 11 is 6.05. The quantitative estimate of drug-likeness (QED) is 0.826. The van der Waals surface area contributed by atoms with Gasteiger partial charge in [0.2, 0.25) is 5.43 Å². The van der Waals surface area contributed by atoms with Crippen molar-refractivity contribution in [1.29, 1.82) is 0 Å². The molecular formula is C17H18Cl2N2O. The summed E-state index contributed by atoms with van der Waals surface area (Å²) in [5.41, 5.74) is 3.74. The number of aryl methyl sites for hydroxylation is 2. The fourth-order valence-electron chi connectivity index (χ4n) is 2.15. The summed E-state index contributed by atoms with van der Waals surface area (Å²) < 4.78 is 0. The molecule has 0 fully saturated rings. The van der Waals surface area contributed by atoms with E-state index < -0.39 is 0 Å². The molecule has 0 saturated heterocycles. The number of nitrogens with one attached hydrogen (secondary N) is 2. The number of aromatic nitrogens is 1. The molecule has 1 aromatic heterocycles. The molecule has 1 heterocycles. The first-order valence-electron chi connectivity index (χ1n) is 6.67. The highest BCUT2D eigenvalue weighted by Gasteiger charge is 2.12. The largest absolute Gasteiger partial charge is 0.361 e. The summed E-state index contributed by atoms with van der Waals surface area (Å²) in [6.45, 7) is 4.32. The van der Waals surface area contributed by atoms with Crippen LogP contribution in [-0.4, -0.2) is 18.6 Å². The van der Waals surface area contributed by atoms with Crippen LogP contribution in [0.5, 0.6) is 0 Å². The van der Waals surface area contributed by atoms with E-state index in [1.807, 2.05) is 38.2 Å². The van der Waals surface area contributed by atoms with E-state index in [9.17, 15) is 4.79 Å². The lowest BCUT2D eigenvalue weighted by atomic mass is 10.0. The second-order valence-electron chi connectivity index (χ2n) is 4.80. The first kappa shape index (κ1) is 18.3. The monoisotopic (exact) mass is 336 g/mol. The van der Waals surface area contributed by atoms with Gasteiger partial charge < -0.3 is 10.3 Å². The number of pyridine rings is 1. The minimum Gasteiger partial charge on any atom is -0.361 e. The SMILES string of the molecule is CNCC#Cc1ccc(-c2c(C)[nH]c(C)c(Cl)c2=O)cc1.Cl. The molecule has 0 spiro atoms. The lowest BCUT2D eigenvalue weighted by Crippen LogP contribution is -2.11. The van der Waals surface area contributed by atoms with Gasteiger partial charge in [0.15, 0.2) is 0 Å². The van der Waals surface area contributed by atoms with Crippen LogP contribution in [0.3, 0.4) is 0 Å². The minimum atomic E-state index is -0.139. The van der Waals surface area contributed by atoms with Crippen LogP contribution in [0.2, 0.25) is 5.02 Å². The van der Waals surface area contributed by atoms with Gasteiger partial charge in [-0.15, -0.1) is 12.4 Å². The van der Waals surface area contributed by atoms with Gasteiger partial charge >= 0.3 is 0 Å². The van der Waals surface area contributed by atoms with Crippen molar-refractivity contribution < 1.29 is 0 Å². The number of rotatable bonds is 2. The first-order valence-corrected chi connectivity index (χ1v) is 7.05. The Kier molecular flexibility index (Phi) is 6.70.